The number of hydrogen-bond donors (Lipinski definition) is 0. The summed E-state index contributed by atoms with van der Waals surface area (Å²) in [6, 6.07) is 0.958. The Bertz CT molecular complexity index is 322. The van der Waals surface area contributed by atoms with Crippen LogP contribution in [0.15, 0.2) is 0 Å². The molecular formula is C22H46O5Si. The van der Waals surface area contributed by atoms with Crippen molar-refractivity contribution in [3.8, 4) is 0 Å². The molecule has 28 heavy (non-hydrogen) atoms. The van der Waals surface area contributed by atoms with E-state index in [0.29, 0.717) is 25.9 Å². The van der Waals surface area contributed by atoms with Gasteiger partial charge in [-0.05, 0) is 33.6 Å². The molecule has 0 saturated carbocycles. The van der Waals surface area contributed by atoms with Crippen LogP contribution in [0.25, 0.3) is 0 Å². The Kier molecular flexibility index (Phi) is 16.6. The molecule has 0 aromatic rings. The topological polar surface area (TPSA) is 49.5 Å². The number of hydrogen-bond acceptors (Lipinski definition) is 5. The summed E-state index contributed by atoms with van der Waals surface area (Å²) in [4.78, 5) is 0. The zero-order chi connectivity index (χ0) is 20.3. The van der Waals surface area contributed by atoms with Crippen LogP contribution in [0.5, 0.6) is 0 Å². The Morgan fingerprint density at radius 1 is 0.679 bits per heavy atom. The molecule has 5 nitrogen and oxygen atoms in total. The van der Waals surface area contributed by atoms with Gasteiger partial charge < -0.3 is 22.8 Å². The highest BCUT2D eigenvalue weighted by Gasteiger charge is 2.39. The summed E-state index contributed by atoms with van der Waals surface area (Å²) in [5.74, 6) is 0. The van der Waals surface area contributed by atoms with Crippen molar-refractivity contribution in [2.75, 3.05) is 39.6 Å². The van der Waals surface area contributed by atoms with Crippen molar-refractivity contribution in [1.29, 1.82) is 0 Å². The summed E-state index contributed by atoms with van der Waals surface area (Å²) < 4.78 is 28.4. The molecule has 0 aromatic heterocycles. The van der Waals surface area contributed by atoms with Gasteiger partial charge >= 0.3 is 8.80 Å². The van der Waals surface area contributed by atoms with Crippen LogP contribution < -0.4 is 0 Å². The number of rotatable bonds is 22. The maximum absolute atomic E-state index is 5.92. The molecule has 168 valence electrons. The van der Waals surface area contributed by atoms with Crippen molar-refractivity contribution in [3.63, 3.8) is 0 Å². The fraction of sp³-hybridized carbons (Fsp3) is 1.00. The molecule has 1 unspecified atom stereocenters. The first-order chi connectivity index (χ1) is 13.8. The van der Waals surface area contributed by atoms with Crippen LogP contribution in [0.4, 0.5) is 0 Å². The van der Waals surface area contributed by atoms with E-state index in [0.717, 1.165) is 32.3 Å². The summed E-state index contributed by atoms with van der Waals surface area (Å²) in [5.41, 5.74) is 0. The molecule has 0 aliphatic carbocycles. The van der Waals surface area contributed by atoms with Crippen molar-refractivity contribution in [3.05, 3.63) is 0 Å². The van der Waals surface area contributed by atoms with Crippen molar-refractivity contribution in [2.24, 2.45) is 0 Å². The maximum Gasteiger partial charge on any atom is 0.500 e. The minimum Gasteiger partial charge on any atom is -0.379 e. The third kappa shape index (κ3) is 14.1. The second-order valence-corrected chi connectivity index (χ2v) is 10.4. The van der Waals surface area contributed by atoms with Crippen LogP contribution in [0.2, 0.25) is 6.04 Å². The summed E-state index contributed by atoms with van der Waals surface area (Å²) in [5, 5.41) is 0. The van der Waals surface area contributed by atoms with Gasteiger partial charge in [-0.1, -0.05) is 57.8 Å². The van der Waals surface area contributed by atoms with Crippen LogP contribution >= 0.6 is 0 Å². The minimum absolute atomic E-state index is 0.406. The van der Waals surface area contributed by atoms with Crippen LogP contribution in [0.1, 0.15) is 91.4 Å². The van der Waals surface area contributed by atoms with Crippen molar-refractivity contribution in [2.45, 2.75) is 104 Å². The molecule has 0 aromatic carbocycles. The molecular weight excluding hydrogens is 372 g/mol. The van der Waals surface area contributed by atoms with Crippen molar-refractivity contribution >= 4 is 8.80 Å². The van der Waals surface area contributed by atoms with E-state index in [1.165, 1.54) is 64.2 Å². The highest BCUT2D eigenvalue weighted by Crippen LogP contribution is 2.21. The van der Waals surface area contributed by atoms with Crippen molar-refractivity contribution < 1.29 is 22.8 Å². The van der Waals surface area contributed by atoms with Gasteiger partial charge in [0.1, 0.15) is 6.10 Å². The first-order valence-electron chi connectivity index (χ1n) is 11.9. The SMILES string of the molecule is CCO[Si](CCCCCCCCCCCCCOCC1CO1)(OCC)OCC. The molecule has 0 amide bonds. The van der Waals surface area contributed by atoms with Crippen LogP contribution in [0.3, 0.4) is 0 Å². The molecule has 1 heterocycles. The predicted octanol–water partition coefficient (Wildman–Crippen LogP) is 5.74. The third-order valence-corrected chi connectivity index (χ3v) is 8.22. The first kappa shape index (κ1) is 26.1. The van der Waals surface area contributed by atoms with Gasteiger partial charge in [-0.25, -0.2) is 0 Å². The zero-order valence-electron chi connectivity index (χ0n) is 18.8. The fourth-order valence-electron chi connectivity index (χ4n) is 3.52. The van der Waals surface area contributed by atoms with E-state index in [9.17, 15) is 0 Å². The third-order valence-electron chi connectivity index (χ3n) is 5.07. The monoisotopic (exact) mass is 418 g/mol. The fourth-order valence-corrected chi connectivity index (χ4v) is 6.20. The van der Waals surface area contributed by atoms with Crippen LogP contribution in [0, 0.1) is 0 Å². The van der Waals surface area contributed by atoms with Crippen LogP contribution in [-0.2, 0) is 22.8 Å². The van der Waals surface area contributed by atoms with E-state index in [4.69, 9.17) is 22.8 Å². The molecule has 0 N–H and O–H groups in total. The van der Waals surface area contributed by atoms with Gasteiger partial charge in [0.15, 0.2) is 0 Å². The molecule has 1 aliphatic rings. The maximum atomic E-state index is 5.92. The molecule has 0 spiro atoms. The van der Waals surface area contributed by atoms with Gasteiger partial charge in [0.25, 0.3) is 0 Å². The molecule has 0 bridgehead atoms. The van der Waals surface area contributed by atoms with E-state index >= 15 is 0 Å². The Balaban J connectivity index is 1.85. The molecule has 1 rings (SSSR count). The largest absolute Gasteiger partial charge is 0.500 e. The number of unbranched alkanes of at least 4 members (excludes halogenated alkanes) is 10. The van der Waals surface area contributed by atoms with E-state index in [1.807, 2.05) is 20.8 Å². The normalized spacial score (nSPS) is 16.6. The minimum atomic E-state index is -2.42. The molecule has 6 heteroatoms. The molecule has 1 saturated heterocycles. The Labute approximate surface area is 175 Å². The number of epoxide rings is 1. The van der Waals surface area contributed by atoms with Gasteiger partial charge in [0.05, 0.1) is 13.2 Å². The lowest BCUT2D eigenvalue weighted by atomic mass is 10.1. The second-order valence-electron chi connectivity index (χ2n) is 7.65. The van der Waals surface area contributed by atoms with Gasteiger partial charge in [-0.3, -0.25) is 0 Å². The lowest BCUT2D eigenvalue weighted by Gasteiger charge is -2.28. The van der Waals surface area contributed by atoms with Gasteiger partial charge in [-0.15, -0.1) is 0 Å². The van der Waals surface area contributed by atoms with E-state index in [-0.39, 0.29) is 0 Å². The van der Waals surface area contributed by atoms with Crippen molar-refractivity contribution in [1.82, 2.24) is 0 Å². The Hall–Kier alpha value is 0.0169. The molecule has 0 radical (unpaired) electrons. The van der Waals surface area contributed by atoms with Gasteiger partial charge in [0.2, 0.25) is 0 Å². The highest BCUT2D eigenvalue weighted by atomic mass is 28.4. The smallest absolute Gasteiger partial charge is 0.379 e. The quantitative estimate of drug-likeness (QED) is 0.127. The highest BCUT2D eigenvalue weighted by molar-refractivity contribution is 6.60. The summed E-state index contributed by atoms with van der Waals surface area (Å²) >= 11 is 0. The van der Waals surface area contributed by atoms with E-state index in [1.54, 1.807) is 0 Å². The Morgan fingerprint density at radius 2 is 1.11 bits per heavy atom. The predicted molar refractivity (Wildman–Crippen MR) is 117 cm³/mol. The first-order valence-corrected chi connectivity index (χ1v) is 13.8. The lowest BCUT2D eigenvalue weighted by Crippen LogP contribution is -2.45. The zero-order valence-corrected chi connectivity index (χ0v) is 19.8. The molecule has 1 atom stereocenters. The van der Waals surface area contributed by atoms with Gasteiger partial charge in [0, 0.05) is 32.5 Å². The summed E-state index contributed by atoms with van der Waals surface area (Å²) in [7, 11) is -2.42. The average Bonchev–Trinajstić information content (AvgIpc) is 3.50. The second kappa shape index (κ2) is 17.8. The van der Waals surface area contributed by atoms with Gasteiger partial charge in [-0.2, -0.15) is 0 Å². The van der Waals surface area contributed by atoms with Crippen LogP contribution in [-0.4, -0.2) is 54.5 Å². The Morgan fingerprint density at radius 3 is 1.54 bits per heavy atom. The van der Waals surface area contributed by atoms with E-state index < -0.39 is 8.80 Å². The lowest BCUT2D eigenvalue weighted by molar-refractivity contribution is 0.0706. The molecule has 1 aliphatic heterocycles. The standard InChI is InChI=1S/C22H46O5Si/c1-4-25-28(26-5-2,27-6-3)19-17-15-13-11-9-7-8-10-12-14-16-18-23-20-22-21-24-22/h22H,4-21H2,1-3H3. The molecule has 1 fully saturated rings. The summed E-state index contributed by atoms with van der Waals surface area (Å²) in [6.45, 7) is 10.7. The summed E-state index contributed by atoms with van der Waals surface area (Å²) in [6.07, 6.45) is 14.8. The average molecular weight is 419 g/mol. The number of ether oxygens (including phenoxy) is 2. The van der Waals surface area contributed by atoms with E-state index in [2.05, 4.69) is 0 Å².